The van der Waals surface area contributed by atoms with Crippen molar-refractivity contribution in [2.45, 2.75) is 6.92 Å². The highest BCUT2D eigenvalue weighted by Crippen LogP contribution is 2.27. The zero-order chi connectivity index (χ0) is 22.5. The Bertz CT molecular complexity index is 1330. The number of rotatable bonds is 5. The van der Waals surface area contributed by atoms with Crippen molar-refractivity contribution in [1.29, 1.82) is 0 Å². The Hall–Kier alpha value is -4.45. The van der Waals surface area contributed by atoms with Crippen LogP contribution >= 0.6 is 0 Å². The smallest absolute Gasteiger partial charge is 0.275 e. The van der Waals surface area contributed by atoms with Crippen LogP contribution in [0, 0.1) is 0 Å². The van der Waals surface area contributed by atoms with E-state index in [9.17, 15) is 14.7 Å². The first-order chi connectivity index (χ1) is 15.5. The standard InChI is InChI=1S/C26H21N3O3/c1-17(20-11-7-12-21(16-20)27-25(31)19-9-3-2-4-10-19)28-29-26(32)24-22-13-6-5-8-18(22)14-15-23(24)30/h2-16,30H,1H3,(H,27,31)(H,29,32)/b28-17+. The predicted octanol–water partition coefficient (Wildman–Crippen LogP) is 4.95. The molecule has 6 nitrogen and oxygen atoms in total. The Kier molecular flexibility index (Phi) is 5.94. The zero-order valence-corrected chi connectivity index (χ0v) is 17.4. The highest BCUT2D eigenvalue weighted by atomic mass is 16.3. The molecule has 0 spiro atoms. The van der Waals surface area contributed by atoms with Gasteiger partial charge in [0.15, 0.2) is 0 Å². The molecule has 0 aliphatic carbocycles. The normalized spacial score (nSPS) is 11.2. The summed E-state index contributed by atoms with van der Waals surface area (Å²) in [6, 6.07) is 26.7. The van der Waals surface area contributed by atoms with Gasteiger partial charge in [0.1, 0.15) is 5.75 Å². The lowest BCUT2D eigenvalue weighted by atomic mass is 10.0. The van der Waals surface area contributed by atoms with Crippen molar-refractivity contribution < 1.29 is 14.7 Å². The minimum absolute atomic E-state index is 0.111. The molecule has 6 heteroatoms. The third-order valence-electron chi connectivity index (χ3n) is 5.03. The summed E-state index contributed by atoms with van der Waals surface area (Å²) in [5, 5.41) is 18.8. The van der Waals surface area contributed by atoms with E-state index in [1.165, 1.54) is 6.07 Å². The number of hydrazone groups is 1. The topological polar surface area (TPSA) is 90.8 Å². The van der Waals surface area contributed by atoms with Crippen LogP contribution in [0.3, 0.4) is 0 Å². The number of nitrogens with zero attached hydrogens (tertiary/aromatic N) is 1. The third-order valence-corrected chi connectivity index (χ3v) is 5.03. The number of carbonyl (C=O) groups excluding carboxylic acids is 2. The first-order valence-electron chi connectivity index (χ1n) is 10.0. The first kappa shape index (κ1) is 20.8. The summed E-state index contributed by atoms with van der Waals surface area (Å²) in [6.45, 7) is 1.75. The Morgan fingerprint density at radius 1 is 0.781 bits per heavy atom. The molecule has 4 rings (SSSR count). The second kappa shape index (κ2) is 9.14. The van der Waals surface area contributed by atoms with Gasteiger partial charge in [-0.2, -0.15) is 5.10 Å². The van der Waals surface area contributed by atoms with Crippen molar-refractivity contribution in [3.63, 3.8) is 0 Å². The Labute approximate surface area is 185 Å². The van der Waals surface area contributed by atoms with Crippen molar-refractivity contribution in [2.24, 2.45) is 5.10 Å². The van der Waals surface area contributed by atoms with Crippen LogP contribution in [-0.2, 0) is 0 Å². The minimum atomic E-state index is -0.507. The van der Waals surface area contributed by atoms with Crippen molar-refractivity contribution in [1.82, 2.24) is 5.43 Å². The molecule has 0 bridgehead atoms. The molecule has 0 aliphatic heterocycles. The van der Waals surface area contributed by atoms with Crippen LogP contribution in [0.25, 0.3) is 10.8 Å². The van der Waals surface area contributed by atoms with E-state index in [1.807, 2.05) is 30.3 Å². The average Bonchev–Trinajstić information content (AvgIpc) is 2.83. The van der Waals surface area contributed by atoms with Crippen LogP contribution in [0.1, 0.15) is 33.2 Å². The van der Waals surface area contributed by atoms with Gasteiger partial charge in [0, 0.05) is 11.3 Å². The Morgan fingerprint density at radius 3 is 2.31 bits per heavy atom. The molecule has 0 fully saturated rings. The molecule has 0 heterocycles. The number of phenols is 1. The van der Waals surface area contributed by atoms with Gasteiger partial charge in [-0.25, -0.2) is 5.43 Å². The Morgan fingerprint density at radius 2 is 1.50 bits per heavy atom. The number of benzene rings is 4. The lowest BCUT2D eigenvalue weighted by Gasteiger charge is -2.09. The molecule has 0 unspecified atom stereocenters. The van der Waals surface area contributed by atoms with Crippen molar-refractivity contribution in [3.05, 3.63) is 108 Å². The van der Waals surface area contributed by atoms with E-state index in [0.29, 0.717) is 22.3 Å². The fraction of sp³-hybridized carbons (Fsp3) is 0.0385. The van der Waals surface area contributed by atoms with Gasteiger partial charge in [0.2, 0.25) is 0 Å². The largest absolute Gasteiger partial charge is 0.507 e. The molecule has 158 valence electrons. The van der Waals surface area contributed by atoms with Gasteiger partial charge in [0.05, 0.1) is 11.3 Å². The average molecular weight is 423 g/mol. The monoisotopic (exact) mass is 423 g/mol. The molecule has 0 saturated carbocycles. The second-order valence-electron chi connectivity index (χ2n) is 7.22. The number of hydrogen-bond acceptors (Lipinski definition) is 4. The van der Waals surface area contributed by atoms with Crippen LogP contribution in [-0.4, -0.2) is 22.6 Å². The van der Waals surface area contributed by atoms with Crippen molar-refractivity contribution >= 4 is 34.0 Å². The molecular weight excluding hydrogens is 402 g/mol. The molecular formula is C26H21N3O3. The fourth-order valence-electron chi connectivity index (χ4n) is 3.37. The summed E-state index contributed by atoms with van der Waals surface area (Å²) >= 11 is 0. The maximum atomic E-state index is 12.7. The van der Waals surface area contributed by atoms with E-state index in [-0.39, 0.29) is 17.2 Å². The molecule has 3 N–H and O–H groups in total. The van der Waals surface area contributed by atoms with Crippen LogP contribution < -0.4 is 10.7 Å². The lowest BCUT2D eigenvalue weighted by Crippen LogP contribution is -2.20. The number of carbonyl (C=O) groups is 2. The van der Waals surface area contributed by atoms with Crippen LogP contribution in [0.5, 0.6) is 5.75 Å². The highest BCUT2D eigenvalue weighted by molar-refractivity contribution is 6.10. The quantitative estimate of drug-likeness (QED) is 0.313. The van der Waals surface area contributed by atoms with Crippen LogP contribution in [0.4, 0.5) is 5.69 Å². The van der Waals surface area contributed by atoms with E-state index < -0.39 is 5.91 Å². The summed E-state index contributed by atoms with van der Waals surface area (Å²) in [5.41, 5.74) is 5.15. The van der Waals surface area contributed by atoms with Crippen LogP contribution in [0.15, 0.2) is 96.1 Å². The fourth-order valence-corrected chi connectivity index (χ4v) is 3.37. The van der Waals surface area contributed by atoms with Gasteiger partial charge in [-0.3, -0.25) is 9.59 Å². The van der Waals surface area contributed by atoms with E-state index in [0.717, 1.165) is 10.9 Å². The Balaban J connectivity index is 1.52. The number of amides is 2. The van der Waals surface area contributed by atoms with E-state index >= 15 is 0 Å². The zero-order valence-electron chi connectivity index (χ0n) is 17.4. The first-order valence-corrected chi connectivity index (χ1v) is 10.0. The van der Waals surface area contributed by atoms with Gasteiger partial charge in [-0.15, -0.1) is 0 Å². The highest BCUT2D eigenvalue weighted by Gasteiger charge is 2.15. The second-order valence-corrected chi connectivity index (χ2v) is 7.22. The van der Waals surface area contributed by atoms with Gasteiger partial charge in [0.25, 0.3) is 11.8 Å². The molecule has 0 aromatic heterocycles. The summed E-state index contributed by atoms with van der Waals surface area (Å²) in [7, 11) is 0. The summed E-state index contributed by atoms with van der Waals surface area (Å²) < 4.78 is 0. The summed E-state index contributed by atoms with van der Waals surface area (Å²) in [6.07, 6.45) is 0. The molecule has 2 amide bonds. The summed E-state index contributed by atoms with van der Waals surface area (Å²) in [4.78, 5) is 25.1. The molecule has 0 aliphatic rings. The molecule has 4 aromatic rings. The van der Waals surface area contributed by atoms with Crippen LogP contribution in [0.2, 0.25) is 0 Å². The molecule has 32 heavy (non-hydrogen) atoms. The lowest BCUT2D eigenvalue weighted by molar-refractivity contribution is 0.0953. The van der Waals surface area contributed by atoms with Gasteiger partial charge in [-0.1, -0.05) is 60.7 Å². The number of anilines is 1. The van der Waals surface area contributed by atoms with Gasteiger partial charge in [-0.05, 0) is 53.6 Å². The van der Waals surface area contributed by atoms with E-state index in [1.54, 1.807) is 61.5 Å². The number of phenolic OH excluding ortho intramolecular Hbond substituents is 1. The predicted molar refractivity (Wildman–Crippen MR) is 126 cm³/mol. The van der Waals surface area contributed by atoms with Gasteiger partial charge < -0.3 is 10.4 Å². The third kappa shape index (κ3) is 4.49. The molecule has 0 radical (unpaired) electrons. The maximum absolute atomic E-state index is 12.7. The SMILES string of the molecule is C/C(=N\NC(=O)c1c(O)ccc2ccccc12)c1cccc(NC(=O)c2ccccc2)c1. The molecule has 4 aromatic carbocycles. The van der Waals surface area contributed by atoms with Gasteiger partial charge >= 0.3 is 0 Å². The minimum Gasteiger partial charge on any atom is -0.507 e. The summed E-state index contributed by atoms with van der Waals surface area (Å²) in [5.74, 6) is -0.830. The number of nitrogens with one attached hydrogen (secondary N) is 2. The number of fused-ring (bicyclic) bond motifs is 1. The number of hydrogen-bond donors (Lipinski definition) is 3. The molecule has 0 saturated heterocycles. The number of aromatic hydroxyl groups is 1. The molecule has 0 atom stereocenters. The van der Waals surface area contributed by atoms with E-state index in [2.05, 4.69) is 15.8 Å². The van der Waals surface area contributed by atoms with Crippen molar-refractivity contribution in [2.75, 3.05) is 5.32 Å². The maximum Gasteiger partial charge on any atom is 0.275 e. The van der Waals surface area contributed by atoms with E-state index in [4.69, 9.17) is 0 Å². The van der Waals surface area contributed by atoms with Crippen molar-refractivity contribution in [3.8, 4) is 5.75 Å².